The van der Waals surface area contributed by atoms with Crippen LogP contribution in [0.25, 0.3) is 0 Å². The molecule has 1 aromatic carbocycles. The molecule has 0 heterocycles. The van der Waals surface area contributed by atoms with Crippen molar-refractivity contribution in [1.82, 2.24) is 0 Å². The smallest absolute Gasteiger partial charge is 0.131 e. The molecule has 0 aliphatic rings. The lowest BCUT2D eigenvalue weighted by Gasteiger charge is -2.08. The lowest BCUT2D eigenvalue weighted by molar-refractivity contribution is 0.414. The maximum Gasteiger partial charge on any atom is 0.131 e. The lowest BCUT2D eigenvalue weighted by atomic mass is 10.1. The number of benzene rings is 1. The molecule has 3 N–H and O–H groups in total. The molecule has 1 rings (SSSR count). The van der Waals surface area contributed by atoms with E-state index in [1.54, 1.807) is 12.1 Å². The first kappa shape index (κ1) is 9.86. The summed E-state index contributed by atoms with van der Waals surface area (Å²) in [5, 5.41) is 7.91. The summed E-state index contributed by atoms with van der Waals surface area (Å²) >= 11 is 5.88. The zero-order valence-electron chi connectivity index (χ0n) is 7.52. The van der Waals surface area contributed by atoms with Crippen molar-refractivity contribution in [3.05, 3.63) is 28.3 Å². The molecule has 0 aliphatic carbocycles. The van der Waals surface area contributed by atoms with E-state index < -0.39 is 0 Å². The Bertz CT molecular complexity index is 350. The topological polar surface area (TPSA) is 59.1 Å². The van der Waals surface area contributed by atoms with E-state index in [0.717, 1.165) is 5.56 Å². The number of nitrogens with two attached hydrogens (primary N) is 1. The third-order valence-corrected chi connectivity index (χ3v) is 2.18. The monoisotopic (exact) mass is 198 g/mol. The number of hydrogen-bond donors (Lipinski definition) is 2. The SMILES string of the molecule is COc1cc(Cl)c(C)cc1C(=N)N. The molecule has 0 unspecified atom stereocenters. The van der Waals surface area contributed by atoms with E-state index in [1.165, 1.54) is 7.11 Å². The number of nitrogens with one attached hydrogen (secondary N) is 1. The number of halogens is 1. The van der Waals surface area contributed by atoms with Gasteiger partial charge in [-0.15, -0.1) is 0 Å². The van der Waals surface area contributed by atoms with Crippen LogP contribution in [0.5, 0.6) is 5.75 Å². The molecule has 0 spiro atoms. The fraction of sp³-hybridized carbons (Fsp3) is 0.222. The van der Waals surface area contributed by atoms with Gasteiger partial charge in [0, 0.05) is 5.02 Å². The van der Waals surface area contributed by atoms with Gasteiger partial charge in [0.25, 0.3) is 0 Å². The summed E-state index contributed by atoms with van der Waals surface area (Å²) in [5.41, 5.74) is 6.82. The summed E-state index contributed by atoms with van der Waals surface area (Å²) in [6, 6.07) is 3.40. The first-order valence-electron chi connectivity index (χ1n) is 3.74. The van der Waals surface area contributed by atoms with Crippen molar-refractivity contribution in [3.63, 3.8) is 0 Å². The molecule has 0 aromatic heterocycles. The number of rotatable bonds is 2. The van der Waals surface area contributed by atoms with E-state index in [0.29, 0.717) is 16.3 Å². The van der Waals surface area contributed by atoms with Crippen LogP contribution in [0.15, 0.2) is 12.1 Å². The van der Waals surface area contributed by atoms with Gasteiger partial charge in [0.2, 0.25) is 0 Å². The molecule has 0 saturated carbocycles. The molecule has 3 nitrogen and oxygen atoms in total. The highest BCUT2D eigenvalue weighted by molar-refractivity contribution is 6.31. The van der Waals surface area contributed by atoms with Crippen molar-refractivity contribution in [1.29, 1.82) is 5.41 Å². The van der Waals surface area contributed by atoms with Crippen molar-refractivity contribution in [2.45, 2.75) is 6.92 Å². The second kappa shape index (κ2) is 3.66. The van der Waals surface area contributed by atoms with E-state index in [2.05, 4.69) is 0 Å². The van der Waals surface area contributed by atoms with Crippen molar-refractivity contribution in [3.8, 4) is 5.75 Å². The molecule has 4 heteroatoms. The average Bonchev–Trinajstić information content (AvgIpc) is 2.08. The van der Waals surface area contributed by atoms with E-state index in [1.807, 2.05) is 6.92 Å². The highest BCUT2D eigenvalue weighted by Crippen LogP contribution is 2.26. The van der Waals surface area contributed by atoms with Gasteiger partial charge in [0.1, 0.15) is 11.6 Å². The molecular weight excluding hydrogens is 188 g/mol. The summed E-state index contributed by atoms with van der Waals surface area (Å²) in [7, 11) is 1.52. The Morgan fingerprint density at radius 1 is 1.54 bits per heavy atom. The fourth-order valence-electron chi connectivity index (χ4n) is 1.04. The molecule has 1 aromatic rings. The highest BCUT2D eigenvalue weighted by Gasteiger charge is 2.08. The second-order valence-electron chi connectivity index (χ2n) is 2.72. The number of aryl methyl sites for hydroxylation is 1. The van der Waals surface area contributed by atoms with E-state index in [-0.39, 0.29) is 5.84 Å². The Kier molecular flexibility index (Phi) is 2.78. The van der Waals surface area contributed by atoms with Gasteiger partial charge in [0.05, 0.1) is 12.7 Å². The number of hydrogen-bond acceptors (Lipinski definition) is 2. The molecule has 70 valence electrons. The predicted octanol–water partition coefficient (Wildman–Crippen LogP) is 1.94. The van der Waals surface area contributed by atoms with Gasteiger partial charge in [-0.1, -0.05) is 11.6 Å². The van der Waals surface area contributed by atoms with Gasteiger partial charge in [-0.3, -0.25) is 5.41 Å². The summed E-state index contributed by atoms with van der Waals surface area (Å²) in [6.07, 6.45) is 0. The minimum atomic E-state index is -0.0170. The first-order chi connectivity index (χ1) is 6.06. The Hall–Kier alpha value is -1.22. The minimum absolute atomic E-state index is 0.0170. The number of methoxy groups -OCH3 is 1. The first-order valence-corrected chi connectivity index (χ1v) is 4.12. The maximum absolute atomic E-state index is 7.30. The van der Waals surface area contributed by atoms with Gasteiger partial charge >= 0.3 is 0 Å². The number of amidine groups is 1. The molecule has 13 heavy (non-hydrogen) atoms. The molecular formula is C9H11ClN2O. The van der Waals surface area contributed by atoms with Crippen LogP contribution < -0.4 is 10.5 Å². The molecule has 0 fully saturated rings. The molecule has 0 radical (unpaired) electrons. The Morgan fingerprint density at radius 2 is 2.15 bits per heavy atom. The van der Waals surface area contributed by atoms with E-state index in [4.69, 9.17) is 27.5 Å². The van der Waals surface area contributed by atoms with Crippen molar-refractivity contribution in [2.75, 3.05) is 7.11 Å². The highest BCUT2D eigenvalue weighted by atomic mass is 35.5. The quantitative estimate of drug-likeness (QED) is 0.564. The molecule has 0 amide bonds. The summed E-state index contributed by atoms with van der Waals surface area (Å²) in [5.74, 6) is 0.514. The molecule has 0 bridgehead atoms. The van der Waals surface area contributed by atoms with Gasteiger partial charge < -0.3 is 10.5 Å². The normalized spacial score (nSPS) is 9.77. The largest absolute Gasteiger partial charge is 0.496 e. The Labute approximate surface area is 82.0 Å². The average molecular weight is 199 g/mol. The fourth-order valence-corrected chi connectivity index (χ4v) is 1.20. The number of ether oxygens (including phenoxy) is 1. The Morgan fingerprint density at radius 3 is 2.62 bits per heavy atom. The van der Waals surface area contributed by atoms with Crippen molar-refractivity contribution >= 4 is 17.4 Å². The van der Waals surface area contributed by atoms with Crippen LogP contribution in [0.2, 0.25) is 5.02 Å². The van der Waals surface area contributed by atoms with E-state index >= 15 is 0 Å². The minimum Gasteiger partial charge on any atom is -0.496 e. The second-order valence-corrected chi connectivity index (χ2v) is 3.12. The molecule has 0 saturated heterocycles. The van der Waals surface area contributed by atoms with Crippen LogP contribution in [0.4, 0.5) is 0 Å². The predicted molar refractivity (Wildman–Crippen MR) is 53.8 cm³/mol. The van der Waals surface area contributed by atoms with Crippen molar-refractivity contribution < 1.29 is 4.74 Å². The standard InChI is InChI=1S/C9H11ClN2O/c1-5-3-6(9(11)12)8(13-2)4-7(5)10/h3-4H,1-2H3,(H3,11,12). The summed E-state index contributed by atoms with van der Waals surface area (Å²) < 4.78 is 5.04. The Balaban J connectivity index is 3.33. The molecule has 0 aliphatic heterocycles. The van der Waals surface area contributed by atoms with Crippen LogP contribution in [-0.4, -0.2) is 12.9 Å². The van der Waals surface area contributed by atoms with Crippen LogP contribution in [0.1, 0.15) is 11.1 Å². The van der Waals surface area contributed by atoms with Gasteiger partial charge in [0.15, 0.2) is 0 Å². The lowest BCUT2D eigenvalue weighted by Crippen LogP contribution is -2.12. The summed E-state index contributed by atoms with van der Waals surface area (Å²) in [6.45, 7) is 1.86. The van der Waals surface area contributed by atoms with Crippen LogP contribution >= 0.6 is 11.6 Å². The zero-order valence-corrected chi connectivity index (χ0v) is 8.27. The summed E-state index contributed by atoms with van der Waals surface area (Å²) in [4.78, 5) is 0. The van der Waals surface area contributed by atoms with Crippen LogP contribution in [0, 0.1) is 12.3 Å². The molecule has 0 atom stereocenters. The third-order valence-electron chi connectivity index (χ3n) is 1.77. The zero-order chi connectivity index (χ0) is 10.0. The van der Waals surface area contributed by atoms with Gasteiger partial charge in [-0.2, -0.15) is 0 Å². The van der Waals surface area contributed by atoms with Crippen LogP contribution in [0.3, 0.4) is 0 Å². The third kappa shape index (κ3) is 1.92. The maximum atomic E-state index is 7.30. The van der Waals surface area contributed by atoms with Gasteiger partial charge in [-0.05, 0) is 24.6 Å². The van der Waals surface area contributed by atoms with Crippen molar-refractivity contribution in [2.24, 2.45) is 5.73 Å². The van der Waals surface area contributed by atoms with Gasteiger partial charge in [-0.25, -0.2) is 0 Å². The van der Waals surface area contributed by atoms with E-state index in [9.17, 15) is 0 Å². The van der Waals surface area contributed by atoms with Crippen LogP contribution in [-0.2, 0) is 0 Å². The number of nitrogen functional groups attached to an aromatic ring is 1.